The number of fused-ring (bicyclic) bond motifs is 2. The molecule has 1 fully saturated rings. The van der Waals surface area contributed by atoms with Crippen molar-refractivity contribution in [2.45, 2.75) is 24.1 Å². The molecule has 2 N–H and O–H groups in total. The first-order valence-electron chi connectivity index (χ1n) is 10.9. The molecule has 5 rings (SSSR count). The Morgan fingerprint density at radius 1 is 1.26 bits per heavy atom. The van der Waals surface area contributed by atoms with E-state index in [2.05, 4.69) is 20.7 Å². The number of carbonyl (C=O) groups excluding carboxylic acids is 2. The Labute approximate surface area is 204 Å². The molecule has 2 heterocycles. The molecule has 2 aromatic carbocycles. The number of hydrogen-bond acceptors (Lipinski definition) is 7. The molecule has 0 radical (unpaired) electrons. The van der Waals surface area contributed by atoms with Crippen LogP contribution < -0.4 is 10.6 Å². The molecule has 9 nitrogen and oxygen atoms in total. The standard InChI is InChI=1S/C23H22FN5O4S2/c1-29-18-7-12(3-4-13(18)10-26-29)15-8-19-17(9-16(15)24)28-23(34-19)21(35(2,32)33)22(31)25-11-20(30)27-14-5-6-14/h3-4,7-10,14,21H,5-6,11H2,1-2H3,(H,25,31)(H,27,30). The Kier molecular flexibility index (Phi) is 5.80. The van der Waals surface area contributed by atoms with Gasteiger partial charge in [-0.05, 0) is 30.5 Å². The van der Waals surface area contributed by atoms with E-state index in [0.717, 1.165) is 41.3 Å². The van der Waals surface area contributed by atoms with Crippen molar-refractivity contribution in [1.29, 1.82) is 0 Å². The minimum absolute atomic E-state index is 0.0150. The average Bonchev–Trinajstić information content (AvgIpc) is 3.40. The predicted molar refractivity (Wildman–Crippen MR) is 131 cm³/mol. The second-order valence-electron chi connectivity index (χ2n) is 8.66. The van der Waals surface area contributed by atoms with Crippen molar-refractivity contribution in [3.05, 3.63) is 47.4 Å². The maximum atomic E-state index is 15.1. The molecule has 1 unspecified atom stereocenters. The van der Waals surface area contributed by atoms with Gasteiger partial charge in [-0.25, -0.2) is 17.8 Å². The molecule has 2 aromatic heterocycles. The van der Waals surface area contributed by atoms with Crippen molar-refractivity contribution in [2.75, 3.05) is 12.8 Å². The van der Waals surface area contributed by atoms with Gasteiger partial charge in [-0.3, -0.25) is 14.3 Å². The van der Waals surface area contributed by atoms with Crippen LogP contribution in [0, 0.1) is 5.82 Å². The lowest BCUT2D eigenvalue weighted by Gasteiger charge is -2.12. The van der Waals surface area contributed by atoms with Crippen molar-refractivity contribution >= 4 is 54.1 Å². The first-order valence-corrected chi connectivity index (χ1v) is 13.7. The second-order valence-corrected chi connectivity index (χ2v) is 11.9. The maximum absolute atomic E-state index is 15.1. The third-order valence-electron chi connectivity index (χ3n) is 5.81. The SMILES string of the molecule is Cn1ncc2ccc(-c3cc4sc(C(C(=O)NCC(=O)NC5CC5)S(C)(=O)=O)nc4cc3F)cc21. The summed E-state index contributed by atoms with van der Waals surface area (Å²) >= 11 is 1.01. The Morgan fingerprint density at radius 2 is 2.03 bits per heavy atom. The van der Waals surface area contributed by atoms with Gasteiger partial charge < -0.3 is 10.6 Å². The molecule has 1 aliphatic rings. The summed E-state index contributed by atoms with van der Waals surface area (Å²) in [5.41, 5.74) is 2.05. The average molecular weight is 516 g/mol. The molecular weight excluding hydrogens is 493 g/mol. The highest BCUT2D eigenvalue weighted by molar-refractivity contribution is 7.91. The second kappa shape index (κ2) is 8.68. The number of thiazole rings is 1. The van der Waals surface area contributed by atoms with Gasteiger partial charge in [-0.15, -0.1) is 11.3 Å². The monoisotopic (exact) mass is 515 g/mol. The van der Waals surface area contributed by atoms with Crippen LogP contribution in [0.2, 0.25) is 0 Å². The van der Waals surface area contributed by atoms with E-state index < -0.39 is 26.8 Å². The van der Waals surface area contributed by atoms with Crippen LogP contribution in [0.25, 0.3) is 32.2 Å². The number of hydrogen-bond donors (Lipinski definition) is 2. The van der Waals surface area contributed by atoms with Crippen molar-refractivity contribution in [2.24, 2.45) is 7.05 Å². The van der Waals surface area contributed by atoms with E-state index in [1.807, 2.05) is 12.1 Å². The van der Waals surface area contributed by atoms with E-state index in [4.69, 9.17) is 0 Å². The van der Waals surface area contributed by atoms with Gasteiger partial charge in [-0.2, -0.15) is 5.10 Å². The summed E-state index contributed by atoms with van der Waals surface area (Å²) in [5, 5.41) is 8.65. The van der Waals surface area contributed by atoms with E-state index in [9.17, 15) is 18.0 Å². The summed E-state index contributed by atoms with van der Waals surface area (Å²) in [6.07, 6.45) is 4.44. The maximum Gasteiger partial charge on any atom is 0.245 e. The van der Waals surface area contributed by atoms with Gasteiger partial charge >= 0.3 is 0 Å². The predicted octanol–water partition coefficient (Wildman–Crippen LogP) is 2.47. The van der Waals surface area contributed by atoms with E-state index >= 15 is 4.39 Å². The summed E-state index contributed by atoms with van der Waals surface area (Å²) in [6.45, 7) is -0.332. The van der Waals surface area contributed by atoms with Gasteiger partial charge in [0.05, 0.1) is 28.5 Å². The molecule has 0 saturated heterocycles. The molecule has 35 heavy (non-hydrogen) atoms. The third-order valence-corrected chi connectivity index (χ3v) is 8.34. The van der Waals surface area contributed by atoms with Crippen LogP contribution in [0.3, 0.4) is 0 Å². The molecule has 1 aliphatic carbocycles. The van der Waals surface area contributed by atoms with Crippen LogP contribution in [-0.4, -0.2) is 53.8 Å². The molecule has 0 aliphatic heterocycles. The zero-order valence-electron chi connectivity index (χ0n) is 18.9. The fourth-order valence-corrected chi connectivity index (χ4v) is 6.40. The lowest BCUT2D eigenvalue weighted by atomic mass is 10.0. The normalized spacial score (nSPS) is 14.8. The Hall–Kier alpha value is -3.38. The molecule has 2 amide bonds. The lowest BCUT2D eigenvalue weighted by molar-refractivity contribution is -0.126. The number of sulfone groups is 1. The van der Waals surface area contributed by atoms with Crippen molar-refractivity contribution in [3.63, 3.8) is 0 Å². The van der Waals surface area contributed by atoms with E-state index in [1.54, 1.807) is 30.1 Å². The minimum Gasteiger partial charge on any atom is -0.352 e. The van der Waals surface area contributed by atoms with Crippen LogP contribution in [0.1, 0.15) is 23.1 Å². The quantitative estimate of drug-likeness (QED) is 0.390. The third kappa shape index (κ3) is 4.76. The van der Waals surface area contributed by atoms with Crippen LogP contribution in [0.4, 0.5) is 4.39 Å². The molecule has 182 valence electrons. The number of aryl methyl sites for hydroxylation is 1. The Bertz CT molecular complexity index is 1590. The molecule has 0 bridgehead atoms. The summed E-state index contributed by atoms with van der Waals surface area (Å²) in [4.78, 5) is 28.9. The smallest absolute Gasteiger partial charge is 0.245 e. The van der Waals surface area contributed by atoms with Gasteiger partial charge in [0.25, 0.3) is 0 Å². The van der Waals surface area contributed by atoms with Crippen LogP contribution >= 0.6 is 11.3 Å². The topological polar surface area (TPSA) is 123 Å². The number of halogens is 1. The zero-order valence-corrected chi connectivity index (χ0v) is 20.5. The summed E-state index contributed by atoms with van der Waals surface area (Å²) in [5.74, 6) is -1.75. The summed E-state index contributed by atoms with van der Waals surface area (Å²) in [6, 6.07) is 8.42. The van der Waals surface area contributed by atoms with Gasteiger partial charge in [0.2, 0.25) is 11.8 Å². The number of benzene rings is 2. The van der Waals surface area contributed by atoms with E-state index in [-0.39, 0.29) is 29.0 Å². The van der Waals surface area contributed by atoms with Crippen molar-refractivity contribution in [3.8, 4) is 11.1 Å². The van der Waals surface area contributed by atoms with Crippen molar-refractivity contribution in [1.82, 2.24) is 25.4 Å². The number of nitrogens with zero attached hydrogens (tertiary/aromatic N) is 3. The highest BCUT2D eigenvalue weighted by Gasteiger charge is 2.34. The van der Waals surface area contributed by atoms with Gasteiger partial charge in [0.15, 0.2) is 15.1 Å². The van der Waals surface area contributed by atoms with Crippen LogP contribution in [0.15, 0.2) is 36.5 Å². The first kappa shape index (κ1) is 23.4. The van der Waals surface area contributed by atoms with Crippen LogP contribution in [0.5, 0.6) is 0 Å². The zero-order chi connectivity index (χ0) is 24.9. The Morgan fingerprint density at radius 3 is 2.74 bits per heavy atom. The summed E-state index contributed by atoms with van der Waals surface area (Å²) in [7, 11) is -2.12. The number of nitrogens with one attached hydrogen (secondary N) is 2. The van der Waals surface area contributed by atoms with Gasteiger partial charge in [0, 0.05) is 36.4 Å². The number of amides is 2. The first-order chi connectivity index (χ1) is 16.6. The van der Waals surface area contributed by atoms with Gasteiger partial charge in [-0.1, -0.05) is 12.1 Å². The van der Waals surface area contributed by atoms with Crippen LogP contribution in [-0.2, 0) is 26.5 Å². The van der Waals surface area contributed by atoms with Crippen molar-refractivity contribution < 1.29 is 22.4 Å². The fraction of sp³-hybridized carbons (Fsp3) is 0.304. The lowest BCUT2D eigenvalue weighted by Crippen LogP contribution is -2.41. The number of rotatable bonds is 7. The highest BCUT2D eigenvalue weighted by atomic mass is 32.2. The van der Waals surface area contributed by atoms with E-state index in [0.29, 0.717) is 15.8 Å². The number of aromatic nitrogens is 3. The molecule has 1 saturated carbocycles. The molecule has 0 spiro atoms. The molecule has 4 aromatic rings. The number of carbonyl (C=O) groups is 2. The fourth-order valence-electron chi connectivity index (χ4n) is 3.87. The van der Waals surface area contributed by atoms with Gasteiger partial charge in [0.1, 0.15) is 10.8 Å². The molecule has 1 atom stereocenters. The largest absolute Gasteiger partial charge is 0.352 e. The highest BCUT2D eigenvalue weighted by Crippen LogP contribution is 2.35. The molecular formula is C23H22FN5O4S2. The minimum atomic E-state index is -3.92. The summed E-state index contributed by atoms with van der Waals surface area (Å²) < 4.78 is 42.3. The van der Waals surface area contributed by atoms with E-state index in [1.165, 1.54) is 6.07 Å². The molecule has 12 heteroatoms. The Balaban J connectivity index is 1.47.